The zero-order valence-electron chi connectivity index (χ0n) is 21.6. The van der Waals surface area contributed by atoms with Crippen LogP contribution in [0, 0.1) is 6.92 Å². The van der Waals surface area contributed by atoms with Crippen LogP contribution in [-0.4, -0.2) is 36.6 Å². The van der Waals surface area contributed by atoms with Gasteiger partial charge in [0.05, 0.1) is 31.4 Å². The summed E-state index contributed by atoms with van der Waals surface area (Å²) >= 11 is 0. The lowest BCUT2D eigenvalue weighted by Gasteiger charge is -2.26. The number of carbonyl (C=O) groups excluding carboxylic acids is 2. The van der Waals surface area contributed by atoms with Gasteiger partial charge in [0.2, 0.25) is 0 Å². The number of ether oxygens (including phenoxy) is 3. The molecule has 1 amide bonds. The lowest BCUT2D eigenvalue weighted by atomic mass is 9.94. The van der Waals surface area contributed by atoms with Crippen LogP contribution in [-0.2, 0) is 9.59 Å². The molecular weight excluding hydrogens is 470 g/mol. The Labute approximate surface area is 216 Å². The summed E-state index contributed by atoms with van der Waals surface area (Å²) in [6.45, 7) is 8.12. The first-order valence-corrected chi connectivity index (χ1v) is 12.2. The molecule has 0 bridgehead atoms. The van der Waals surface area contributed by atoms with Crippen LogP contribution < -0.4 is 19.1 Å². The summed E-state index contributed by atoms with van der Waals surface area (Å²) in [7, 11) is 1.57. The number of carbonyl (C=O) groups is 2. The van der Waals surface area contributed by atoms with Crippen molar-refractivity contribution in [3.63, 3.8) is 0 Å². The van der Waals surface area contributed by atoms with Gasteiger partial charge in [0, 0.05) is 11.3 Å². The zero-order valence-corrected chi connectivity index (χ0v) is 21.6. The fraction of sp³-hybridized carbons (Fsp3) is 0.267. The normalized spacial score (nSPS) is 16.8. The molecule has 192 valence electrons. The predicted octanol–water partition coefficient (Wildman–Crippen LogP) is 5.82. The van der Waals surface area contributed by atoms with Gasteiger partial charge in [-0.2, -0.15) is 0 Å². The third kappa shape index (κ3) is 5.16. The van der Waals surface area contributed by atoms with Crippen molar-refractivity contribution in [3.8, 4) is 17.2 Å². The highest BCUT2D eigenvalue weighted by molar-refractivity contribution is 6.51. The molecule has 7 heteroatoms. The highest BCUT2D eigenvalue weighted by Crippen LogP contribution is 2.43. The standard InChI is InChI=1S/C30H31NO6/c1-6-36-23-14-10-22(11-15-23)31-27(20-7-12-24(13-8-20)37-18(2)3)26(29(33)30(31)34)28(32)21-9-16-25(35-5)19(4)17-21/h7-18,27,32H,6H2,1-5H3/b28-26-. The average molecular weight is 502 g/mol. The van der Waals surface area contributed by atoms with Crippen LogP contribution in [0.2, 0.25) is 0 Å². The molecule has 1 saturated heterocycles. The number of Topliss-reactive ketones (excluding diaryl/α,β-unsaturated/α-hetero) is 1. The molecule has 7 nitrogen and oxygen atoms in total. The molecule has 1 aliphatic rings. The minimum Gasteiger partial charge on any atom is -0.507 e. The third-order valence-electron chi connectivity index (χ3n) is 6.11. The van der Waals surface area contributed by atoms with Crippen LogP contribution >= 0.6 is 0 Å². The molecule has 1 heterocycles. The van der Waals surface area contributed by atoms with Gasteiger partial charge >= 0.3 is 0 Å². The van der Waals surface area contributed by atoms with Gasteiger partial charge in [0.1, 0.15) is 23.0 Å². The van der Waals surface area contributed by atoms with Gasteiger partial charge in [0.15, 0.2) is 0 Å². The van der Waals surface area contributed by atoms with Crippen molar-refractivity contribution < 1.29 is 28.9 Å². The zero-order chi connectivity index (χ0) is 26.7. The second kappa shape index (κ2) is 10.8. The Morgan fingerprint density at radius 2 is 1.62 bits per heavy atom. The van der Waals surface area contributed by atoms with Gasteiger partial charge < -0.3 is 19.3 Å². The molecule has 0 saturated carbocycles. The first-order valence-electron chi connectivity index (χ1n) is 12.2. The van der Waals surface area contributed by atoms with E-state index in [4.69, 9.17) is 14.2 Å². The molecule has 3 aromatic carbocycles. The molecule has 0 spiro atoms. The number of benzene rings is 3. The van der Waals surface area contributed by atoms with E-state index < -0.39 is 17.7 Å². The number of ketones is 1. The summed E-state index contributed by atoms with van der Waals surface area (Å²) in [5.41, 5.74) is 2.41. The van der Waals surface area contributed by atoms with Crippen LogP contribution in [0.25, 0.3) is 5.76 Å². The molecule has 1 aliphatic heterocycles. The number of rotatable bonds is 8. The topological polar surface area (TPSA) is 85.3 Å². The molecule has 4 rings (SSSR count). The van der Waals surface area contributed by atoms with E-state index in [-0.39, 0.29) is 17.4 Å². The van der Waals surface area contributed by atoms with Gasteiger partial charge in [-0.1, -0.05) is 12.1 Å². The quantitative estimate of drug-likeness (QED) is 0.238. The summed E-state index contributed by atoms with van der Waals surface area (Å²) in [4.78, 5) is 28.2. The molecule has 0 aromatic heterocycles. The number of amides is 1. The molecular formula is C30H31NO6. The molecule has 1 unspecified atom stereocenters. The maximum atomic E-state index is 13.4. The Kier molecular flexibility index (Phi) is 7.53. The van der Waals surface area contributed by atoms with E-state index in [9.17, 15) is 14.7 Å². The molecule has 0 aliphatic carbocycles. The number of anilines is 1. The monoisotopic (exact) mass is 501 g/mol. The lowest BCUT2D eigenvalue weighted by molar-refractivity contribution is -0.132. The molecule has 1 N–H and O–H groups in total. The molecule has 3 aromatic rings. The maximum absolute atomic E-state index is 13.4. The number of aryl methyl sites for hydroxylation is 1. The maximum Gasteiger partial charge on any atom is 0.300 e. The average Bonchev–Trinajstić information content (AvgIpc) is 3.14. The SMILES string of the molecule is CCOc1ccc(N2C(=O)C(=O)/C(=C(\O)c3ccc(OC)c(C)c3)C2c2ccc(OC(C)C)cc2)cc1. The van der Waals surface area contributed by atoms with E-state index in [0.29, 0.717) is 40.7 Å². The van der Waals surface area contributed by atoms with E-state index in [1.807, 2.05) is 39.8 Å². The Morgan fingerprint density at radius 1 is 0.973 bits per heavy atom. The minimum atomic E-state index is -0.839. The number of nitrogens with zero attached hydrogens (tertiary/aromatic N) is 1. The van der Waals surface area contributed by atoms with E-state index in [1.165, 1.54) is 4.90 Å². The Morgan fingerprint density at radius 3 is 2.19 bits per heavy atom. The van der Waals surface area contributed by atoms with E-state index in [2.05, 4.69) is 0 Å². The van der Waals surface area contributed by atoms with E-state index in [1.54, 1.807) is 61.7 Å². The van der Waals surface area contributed by atoms with Crippen LogP contribution in [0.4, 0.5) is 5.69 Å². The second-order valence-corrected chi connectivity index (χ2v) is 9.02. The summed E-state index contributed by atoms with van der Waals surface area (Å²) in [6.07, 6.45) is -0.00125. The molecule has 0 radical (unpaired) electrons. The van der Waals surface area contributed by atoms with Crippen LogP contribution in [0.3, 0.4) is 0 Å². The Bertz CT molecular complexity index is 1330. The van der Waals surface area contributed by atoms with Gasteiger partial charge in [-0.15, -0.1) is 0 Å². The molecule has 37 heavy (non-hydrogen) atoms. The van der Waals surface area contributed by atoms with Gasteiger partial charge in [-0.3, -0.25) is 14.5 Å². The number of hydrogen-bond acceptors (Lipinski definition) is 6. The first kappa shape index (κ1) is 25.8. The van der Waals surface area contributed by atoms with Crippen LogP contribution in [0.5, 0.6) is 17.2 Å². The van der Waals surface area contributed by atoms with Gasteiger partial charge in [0.25, 0.3) is 11.7 Å². The lowest BCUT2D eigenvalue weighted by Crippen LogP contribution is -2.29. The summed E-state index contributed by atoms with van der Waals surface area (Å²) in [5, 5.41) is 11.4. The number of methoxy groups -OCH3 is 1. The van der Waals surface area contributed by atoms with Gasteiger partial charge in [-0.25, -0.2) is 0 Å². The minimum absolute atomic E-state index is 0.00125. The molecule has 1 fully saturated rings. The third-order valence-corrected chi connectivity index (χ3v) is 6.11. The number of aliphatic hydroxyl groups is 1. The van der Waals surface area contributed by atoms with Gasteiger partial charge in [-0.05, 0) is 93.4 Å². The predicted molar refractivity (Wildman–Crippen MR) is 142 cm³/mol. The second-order valence-electron chi connectivity index (χ2n) is 9.02. The van der Waals surface area contributed by atoms with Crippen LogP contribution in [0.1, 0.15) is 43.5 Å². The fourth-order valence-electron chi connectivity index (χ4n) is 4.47. The smallest absolute Gasteiger partial charge is 0.300 e. The van der Waals surface area contributed by atoms with Crippen molar-refractivity contribution in [2.45, 2.75) is 39.8 Å². The Hall–Kier alpha value is -4.26. The first-order chi connectivity index (χ1) is 17.7. The summed E-state index contributed by atoms with van der Waals surface area (Å²) in [6, 6.07) is 18.5. The van der Waals surface area contributed by atoms with Crippen molar-refractivity contribution in [1.29, 1.82) is 0 Å². The van der Waals surface area contributed by atoms with E-state index in [0.717, 1.165) is 5.56 Å². The largest absolute Gasteiger partial charge is 0.507 e. The van der Waals surface area contributed by atoms with E-state index >= 15 is 0 Å². The van der Waals surface area contributed by atoms with Crippen molar-refractivity contribution in [3.05, 3.63) is 89.0 Å². The van der Waals surface area contributed by atoms with Crippen molar-refractivity contribution in [1.82, 2.24) is 0 Å². The highest BCUT2D eigenvalue weighted by atomic mass is 16.5. The molecule has 1 atom stereocenters. The highest BCUT2D eigenvalue weighted by Gasteiger charge is 2.47. The van der Waals surface area contributed by atoms with Crippen LogP contribution in [0.15, 0.2) is 72.3 Å². The Balaban J connectivity index is 1.86. The van der Waals surface area contributed by atoms with Crippen molar-refractivity contribution in [2.75, 3.05) is 18.6 Å². The fourth-order valence-corrected chi connectivity index (χ4v) is 4.47. The summed E-state index contributed by atoms with van der Waals surface area (Å²) in [5.74, 6) is 0.260. The summed E-state index contributed by atoms with van der Waals surface area (Å²) < 4.78 is 16.6. The number of hydrogen-bond donors (Lipinski definition) is 1. The van der Waals surface area contributed by atoms with Crippen molar-refractivity contribution >= 4 is 23.1 Å². The van der Waals surface area contributed by atoms with Crippen molar-refractivity contribution in [2.24, 2.45) is 0 Å². The number of aliphatic hydroxyl groups excluding tert-OH is 1.